The summed E-state index contributed by atoms with van der Waals surface area (Å²) in [7, 11) is 0. The molecule has 2 rings (SSSR count). The summed E-state index contributed by atoms with van der Waals surface area (Å²) in [6.45, 7) is 2.08. The predicted octanol–water partition coefficient (Wildman–Crippen LogP) is 2.92. The minimum absolute atomic E-state index is 0.0970. The van der Waals surface area contributed by atoms with Gasteiger partial charge in [0.2, 0.25) is 5.91 Å². The van der Waals surface area contributed by atoms with Gasteiger partial charge >= 0.3 is 0 Å². The molecule has 19 heavy (non-hydrogen) atoms. The number of rotatable bonds is 4. The van der Waals surface area contributed by atoms with Crippen LogP contribution < -0.4 is 11.1 Å². The van der Waals surface area contributed by atoms with Gasteiger partial charge in [-0.1, -0.05) is 51.2 Å². The van der Waals surface area contributed by atoms with Gasteiger partial charge in [-0.05, 0) is 31.6 Å². The number of hydrogen-bond acceptors (Lipinski definition) is 2. The minimum Gasteiger partial charge on any atom is -0.392 e. The van der Waals surface area contributed by atoms with Gasteiger partial charge in [0.1, 0.15) is 0 Å². The fourth-order valence-electron chi connectivity index (χ4n) is 3.59. The molecule has 0 spiro atoms. The summed E-state index contributed by atoms with van der Waals surface area (Å²) in [6.07, 6.45) is 10.3. The number of nitrogens with two attached hydrogens (primary N) is 1. The van der Waals surface area contributed by atoms with Gasteiger partial charge in [0, 0.05) is 5.41 Å². The molecule has 0 radical (unpaired) electrons. The zero-order chi connectivity index (χ0) is 13.9. The summed E-state index contributed by atoms with van der Waals surface area (Å²) in [4.78, 5) is 13.0. The molecule has 1 atom stereocenters. The van der Waals surface area contributed by atoms with Crippen molar-refractivity contribution in [1.82, 2.24) is 5.32 Å². The monoisotopic (exact) mass is 282 g/mol. The second-order valence-corrected chi connectivity index (χ2v) is 6.99. The van der Waals surface area contributed by atoms with Crippen molar-refractivity contribution in [1.29, 1.82) is 0 Å². The molecule has 0 aromatic carbocycles. The van der Waals surface area contributed by atoms with Crippen LogP contribution in [0, 0.1) is 11.3 Å². The molecule has 2 fully saturated rings. The zero-order valence-electron chi connectivity index (χ0n) is 11.9. The fourth-order valence-corrected chi connectivity index (χ4v) is 3.84. The Balaban J connectivity index is 1.99. The fraction of sp³-hybridized carbons (Fsp3) is 0.867. The smallest absolute Gasteiger partial charge is 0.226 e. The van der Waals surface area contributed by atoms with Crippen molar-refractivity contribution in [3.63, 3.8) is 0 Å². The van der Waals surface area contributed by atoms with Gasteiger partial charge in [-0.25, -0.2) is 0 Å². The van der Waals surface area contributed by atoms with Crippen LogP contribution in [0.4, 0.5) is 0 Å². The molecule has 2 saturated carbocycles. The third-order valence-electron chi connectivity index (χ3n) is 4.97. The second-order valence-electron chi connectivity index (χ2n) is 6.52. The van der Waals surface area contributed by atoms with Gasteiger partial charge < -0.3 is 11.1 Å². The highest BCUT2D eigenvalue weighted by Gasteiger charge is 2.38. The van der Waals surface area contributed by atoms with E-state index in [0.29, 0.717) is 10.9 Å². The molecule has 0 aromatic rings. The third kappa shape index (κ3) is 3.47. The Labute approximate surface area is 121 Å². The maximum atomic E-state index is 12.5. The lowest BCUT2D eigenvalue weighted by Gasteiger charge is -2.33. The van der Waals surface area contributed by atoms with Gasteiger partial charge in [0.25, 0.3) is 0 Å². The summed E-state index contributed by atoms with van der Waals surface area (Å²) in [6, 6.07) is -0.0970. The molecule has 0 aromatic heterocycles. The van der Waals surface area contributed by atoms with Crippen LogP contribution in [0.2, 0.25) is 0 Å². The molecule has 2 aliphatic carbocycles. The Morgan fingerprint density at radius 2 is 1.79 bits per heavy atom. The van der Waals surface area contributed by atoms with Crippen LogP contribution in [0.1, 0.15) is 64.7 Å². The molecular formula is C15H26N2OS. The van der Waals surface area contributed by atoms with Gasteiger partial charge in [-0.2, -0.15) is 0 Å². The van der Waals surface area contributed by atoms with Crippen molar-refractivity contribution in [2.45, 2.75) is 70.8 Å². The maximum Gasteiger partial charge on any atom is 0.226 e. The molecule has 3 N–H and O–H groups in total. The predicted molar refractivity (Wildman–Crippen MR) is 81.9 cm³/mol. The van der Waals surface area contributed by atoms with E-state index in [2.05, 4.69) is 12.2 Å². The van der Waals surface area contributed by atoms with Gasteiger partial charge in [0.15, 0.2) is 0 Å². The highest BCUT2D eigenvalue weighted by molar-refractivity contribution is 7.80. The highest BCUT2D eigenvalue weighted by atomic mass is 32.1. The lowest BCUT2D eigenvalue weighted by atomic mass is 9.82. The van der Waals surface area contributed by atoms with Crippen LogP contribution in [-0.4, -0.2) is 16.9 Å². The molecule has 1 amide bonds. The number of thiocarbonyl (C=S) groups is 1. The van der Waals surface area contributed by atoms with Crippen molar-refractivity contribution in [2.24, 2.45) is 17.1 Å². The van der Waals surface area contributed by atoms with E-state index in [4.69, 9.17) is 18.0 Å². The molecule has 0 heterocycles. The number of carbonyl (C=O) groups is 1. The summed E-state index contributed by atoms with van der Waals surface area (Å²) < 4.78 is 0. The second kappa shape index (κ2) is 6.21. The van der Waals surface area contributed by atoms with E-state index in [0.717, 1.165) is 38.5 Å². The first-order valence-corrected chi connectivity index (χ1v) is 8.04. The van der Waals surface area contributed by atoms with E-state index in [9.17, 15) is 4.79 Å². The first-order chi connectivity index (χ1) is 9.03. The van der Waals surface area contributed by atoms with Gasteiger partial charge in [0.05, 0.1) is 11.0 Å². The maximum absolute atomic E-state index is 12.5. The highest BCUT2D eigenvalue weighted by Crippen LogP contribution is 2.38. The molecule has 3 nitrogen and oxygen atoms in total. The minimum atomic E-state index is -0.197. The molecule has 0 bridgehead atoms. The van der Waals surface area contributed by atoms with Crippen LogP contribution in [0.3, 0.4) is 0 Å². The average Bonchev–Trinajstić information content (AvgIpc) is 2.84. The Kier molecular flexibility index (Phi) is 4.82. The molecule has 108 valence electrons. The number of hydrogen-bond donors (Lipinski definition) is 2. The summed E-state index contributed by atoms with van der Waals surface area (Å²) >= 11 is 5.19. The largest absolute Gasteiger partial charge is 0.392 e. The van der Waals surface area contributed by atoms with E-state index >= 15 is 0 Å². The van der Waals surface area contributed by atoms with Crippen LogP contribution in [0.15, 0.2) is 0 Å². The first-order valence-electron chi connectivity index (χ1n) is 7.63. The first kappa shape index (κ1) is 14.8. The third-order valence-corrected chi connectivity index (χ3v) is 5.22. The SMILES string of the molecule is CC1(C(=O)NC(C(N)=S)C2CCCCC2)CCCC1. The van der Waals surface area contributed by atoms with E-state index in [-0.39, 0.29) is 17.4 Å². The van der Waals surface area contributed by atoms with Crippen molar-refractivity contribution in [3.8, 4) is 0 Å². The number of amides is 1. The molecule has 0 saturated heterocycles. The van der Waals surface area contributed by atoms with E-state index in [1.165, 1.54) is 19.3 Å². The molecule has 0 aliphatic heterocycles. The Morgan fingerprint density at radius 3 is 2.32 bits per heavy atom. The topological polar surface area (TPSA) is 55.1 Å². The zero-order valence-corrected chi connectivity index (χ0v) is 12.7. The van der Waals surface area contributed by atoms with Crippen molar-refractivity contribution in [3.05, 3.63) is 0 Å². The van der Waals surface area contributed by atoms with Gasteiger partial charge in [-0.3, -0.25) is 4.79 Å². The quantitative estimate of drug-likeness (QED) is 0.780. The average molecular weight is 282 g/mol. The van der Waals surface area contributed by atoms with Crippen LogP contribution in [0.5, 0.6) is 0 Å². The lowest BCUT2D eigenvalue weighted by Crippen LogP contribution is -2.52. The Morgan fingerprint density at radius 1 is 1.21 bits per heavy atom. The number of carbonyl (C=O) groups excluding carboxylic acids is 1. The van der Waals surface area contributed by atoms with Crippen molar-refractivity contribution < 1.29 is 4.79 Å². The molecule has 1 unspecified atom stereocenters. The summed E-state index contributed by atoms with van der Waals surface area (Å²) in [5.41, 5.74) is 5.68. The molecule has 2 aliphatic rings. The summed E-state index contributed by atoms with van der Waals surface area (Å²) in [5, 5.41) is 3.16. The standard InChI is InChI=1S/C15H26N2OS/c1-15(9-5-6-10-15)14(18)17-12(13(16)19)11-7-3-2-4-8-11/h11-12H,2-10H2,1H3,(H2,16,19)(H,17,18). The molecular weight excluding hydrogens is 256 g/mol. The molecule has 4 heteroatoms. The lowest BCUT2D eigenvalue weighted by molar-refractivity contribution is -0.130. The van der Waals surface area contributed by atoms with E-state index in [1.54, 1.807) is 0 Å². The normalized spacial score (nSPS) is 24.9. The Hall–Kier alpha value is -0.640. The van der Waals surface area contributed by atoms with E-state index < -0.39 is 0 Å². The number of nitrogens with one attached hydrogen (secondary N) is 1. The van der Waals surface area contributed by atoms with Crippen molar-refractivity contribution >= 4 is 23.1 Å². The Bertz CT molecular complexity index is 344. The summed E-state index contributed by atoms with van der Waals surface area (Å²) in [5.74, 6) is 0.605. The van der Waals surface area contributed by atoms with E-state index in [1.807, 2.05) is 0 Å². The van der Waals surface area contributed by atoms with Crippen LogP contribution in [-0.2, 0) is 4.79 Å². The van der Waals surface area contributed by atoms with Gasteiger partial charge in [-0.15, -0.1) is 0 Å². The van der Waals surface area contributed by atoms with Crippen molar-refractivity contribution in [2.75, 3.05) is 0 Å². The van der Waals surface area contributed by atoms with Crippen LogP contribution >= 0.6 is 12.2 Å². The van der Waals surface area contributed by atoms with Crippen LogP contribution in [0.25, 0.3) is 0 Å².